The number of fused-ring (bicyclic) bond motifs is 1. The van der Waals surface area contributed by atoms with Crippen molar-refractivity contribution in [2.45, 2.75) is 41.7 Å². The summed E-state index contributed by atoms with van der Waals surface area (Å²) in [6.07, 6.45) is 2.08. The first-order chi connectivity index (χ1) is 8.16. The number of rotatable bonds is 5. The first kappa shape index (κ1) is 12.9. The molecule has 1 aliphatic heterocycles. The Bertz CT molecular complexity index is 392. The molecule has 3 nitrogen and oxygen atoms in total. The van der Waals surface area contributed by atoms with Crippen molar-refractivity contribution in [2.75, 3.05) is 6.54 Å². The molecule has 5 heteroatoms. The molecular weight excluding hydrogens is 254 g/mol. The van der Waals surface area contributed by atoms with Gasteiger partial charge in [0.25, 0.3) is 0 Å². The third-order valence-corrected chi connectivity index (χ3v) is 5.21. The van der Waals surface area contributed by atoms with Crippen molar-refractivity contribution in [2.24, 2.45) is 0 Å². The lowest BCUT2D eigenvalue weighted by Crippen LogP contribution is -2.27. The minimum Gasteiger partial charge on any atom is -0.481 e. The van der Waals surface area contributed by atoms with E-state index in [-0.39, 0.29) is 6.42 Å². The second kappa shape index (κ2) is 5.89. The molecule has 1 aromatic rings. The van der Waals surface area contributed by atoms with E-state index >= 15 is 0 Å². The van der Waals surface area contributed by atoms with Gasteiger partial charge < -0.3 is 10.4 Å². The molecule has 0 aromatic carbocycles. The van der Waals surface area contributed by atoms with Gasteiger partial charge >= 0.3 is 5.97 Å². The third-order valence-electron chi connectivity index (χ3n) is 2.87. The first-order valence-electron chi connectivity index (χ1n) is 5.86. The molecule has 0 amide bonds. The van der Waals surface area contributed by atoms with E-state index in [1.54, 1.807) is 11.3 Å². The number of carboxylic acids is 1. The molecule has 94 valence electrons. The molecule has 2 heterocycles. The maximum Gasteiger partial charge on any atom is 0.303 e. The smallest absolute Gasteiger partial charge is 0.303 e. The van der Waals surface area contributed by atoms with Crippen molar-refractivity contribution in [1.29, 1.82) is 0 Å². The summed E-state index contributed by atoms with van der Waals surface area (Å²) in [4.78, 5) is 10.4. The number of aliphatic carboxylic acids is 1. The van der Waals surface area contributed by atoms with E-state index in [9.17, 15) is 4.79 Å². The molecule has 17 heavy (non-hydrogen) atoms. The van der Waals surface area contributed by atoms with E-state index in [0.717, 1.165) is 13.0 Å². The highest BCUT2D eigenvalue weighted by atomic mass is 32.2. The zero-order valence-corrected chi connectivity index (χ0v) is 11.4. The Labute approximate surface area is 110 Å². The minimum atomic E-state index is -0.712. The monoisotopic (exact) mass is 271 g/mol. The van der Waals surface area contributed by atoms with Crippen LogP contribution >= 0.6 is 23.1 Å². The molecule has 0 radical (unpaired) electrons. The Morgan fingerprint density at radius 3 is 3.24 bits per heavy atom. The molecule has 2 atom stereocenters. The number of thiophene rings is 1. The molecule has 0 saturated carbocycles. The van der Waals surface area contributed by atoms with Gasteiger partial charge in [-0.05, 0) is 36.4 Å². The average molecular weight is 271 g/mol. The summed E-state index contributed by atoms with van der Waals surface area (Å²) >= 11 is 3.76. The van der Waals surface area contributed by atoms with Crippen molar-refractivity contribution in [3.05, 3.63) is 17.0 Å². The van der Waals surface area contributed by atoms with Crippen LogP contribution < -0.4 is 5.32 Å². The lowest BCUT2D eigenvalue weighted by molar-refractivity contribution is -0.137. The highest BCUT2D eigenvalue weighted by Gasteiger charge is 2.25. The van der Waals surface area contributed by atoms with Crippen LogP contribution in [0.3, 0.4) is 0 Å². The van der Waals surface area contributed by atoms with Crippen molar-refractivity contribution in [1.82, 2.24) is 5.32 Å². The summed E-state index contributed by atoms with van der Waals surface area (Å²) in [7, 11) is 0. The number of hydrogen-bond donors (Lipinski definition) is 2. The Kier molecular flexibility index (Phi) is 4.48. The number of nitrogens with one attached hydrogen (secondary N) is 1. The van der Waals surface area contributed by atoms with Gasteiger partial charge in [-0.25, -0.2) is 0 Å². The van der Waals surface area contributed by atoms with Crippen LogP contribution in [0, 0.1) is 0 Å². The van der Waals surface area contributed by atoms with Crippen LogP contribution in [-0.4, -0.2) is 22.9 Å². The Balaban J connectivity index is 1.87. The van der Waals surface area contributed by atoms with Crippen LogP contribution in [0.2, 0.25) is 0 Å². The number of thioether (sulfide) groups is 1. The Morgan fingerprint density at radius 2 is 2.47 bits per heavy atom. The Hall–Kier alpha value is -0.520. The maximum atomic E-state index is 10.4. The normalized spacial score (nSPS) is 23.4. The van der Waals surface area contributed by atoms with Gasteiger partial charge in [0.05, 0.1) is 4.21 Å². The van der Waals surface area contributed by atoms with E-state index in [2.05, 4.69) is 23.7 Å². The molecule has 0 spiro atoms. The fourth-order valence-corrected chi connectivity index (χ4v) is 4.63. The number of carbonyl (C=O) groups is 1. The zero-order valence-electron chi connectivity index (χ0n) is 9.81. The summed E-state index contributed by atoms with van der Waals surface area (Å²) in [6.45, 7) is 3.03. The summed E-state index contributed by atoms with van der Waals surface area (Å²) in [5.41, 5.74) is 1.40. The minimum absolute atomic E-state index is 0.251. The van der Waals surface area contributed by atoms with Crippen molar-refractivity contribution in [3.63, 3.8) is 0 Å². The average Bonchev–Trinajstić information content (AvgIpc) is 2.71. The molecular formula is C12H17NO2S2. The van der Waals surface area contributed by atoms with Crippen LogP contribution in [0.15, 0.2) is 15.7 Å². The summed E-state index contributed by atoms with van der Waals surface area (Å²) in [5, 5.41) is 14.8. The van der Waals surface area contributed by atoms with Crippen LogP contribution in [0.5, 0.6) is 0 Å². The van der Waals surface area contributed by atoms with E-state index < -0.39 is 5.97 Å². The predicted octanol–water partition coefficient (Wildman–Crippen LogP) is 3.13. The van der Waals surface area contributed by atoms with Crippen LogP contribution in [-0.2, 0) is 4.79 Å². The first-order valence-corrected chi connectivity index (χ1v) is 7.62. The van der Waals surface area contributed by atoms with Gasteiger partial charge in [-0.15, -0.1) is 23.1 Å². The lowest BCUT2D eigenvalue weighted by atomic mass is 10.0. The van der Waals surface area contributed by atoms with Crippen molar-refractivity contribution < 1.29 is 9.90 Å². The van der Waals surface area contributed by atoms with Crippen molar-refractivity contribution in [3.8, 4) is 0 Å². The topological polar surface area (TPSA) is 49.3 Å². The van der Waals surface area contributed by atoms with Gasteiger partial charge in [0.15, 0.2) is 0 Å². The van der Waals surface area contributed by atoms with Crippen LogP contribution in [0.1, 0.15) is 37.8 Å². The molecule has 0 aliphatic carbocycles. The maximum absolute atomic E-state index is 10.4. The van der Waals surface area contributed by atoms with Crippen LogP contribution in [0.25, 0.3) is 0 Å². The van der Waals surface area contributed by atoms with Gasteiger partial charge in [-0.2, -0.15) is 0 Å². The van der Waals surface area contributed by atoms with Gasteiger partial charge in [-0.1, -0.05) is 6.92 Å². The Morgan fingerprint density at radius 1 is 1.65 bits per heavy atom. The van der Waals surface area contributed by atoms with Gasteiger partial charge in [0, 0.05) is 17.7 Å². The largest absolute Gasteiger partial charge is 0.481 e. The fraction of sp³-hybridized carbons (Fsp3) is 0.583. The second-order valence-corrected chi connectivity index (χ2v) is 6.95. The van der Waals surface area contributed by atoms with Crippen LogP contribution in [0.4, 0.5) is 0 Å². The molecule has 1 aromatic heterocycles. The standard InChI is InChI=1S/C12H17NO2S2/c1-8-7-10(13-5-2-3-11(14)15)9-4-6-16-12(9)17-8/h4,6,8,10,13H,2-3,5,7H2,1H3,(H,14,15)/t8-,10?/m0/s1. The lowest BCUT2D eigenvalue weighted by Gasteiger charge is -2.27. The number of hydrogen-bond acceptors (Lipinski definition) is 4. The van der Waals surface area contributed by atoms with Gasteiger partial charge in [0.2, 0.25) is 0 Å². The second-order valence-electron chi connectivity index (χ2n) is 4.33. The van der Waals surface area contributed by atoms with Crippen molar-refractivity contribution >= 4 is 29.1 Å². The molecule has 1 unspecified atom stereocenters. The van der Waals surface area contributed by atoms with Gasteiger partial charge in [-0.3, -0.25) is 4.79 Å². The molecule has 0 saturated heterocycles. The summed E-state index contributed by atoms with van der Waals surface area (Å²) in [5.74, 6) is -0.712. The highest BCUT2D eigenvalue weighted by Crippen LogP contribution is 2.43. The molecule has 2 rings (SSSR count). The molecule has 0 fully saturated rings. The summed E-state index contributed by atoms with van der Waals surface area (Å²) < 4.78 is 1.42. The highest BCUT2D eigenvalue weighted by molar-refractivity contribution is 8.01. The SMILES string of the molecule is C[C@H]1CC(NCCCC(=O)O)c2ccsc2S1. The predicted molar refractivity (Wildman–Crippen MR) is 71.9 cm³/mol. The van der Waals surface area contributed by atoms with E-state index in [0.29, 0.717) is 17.7 Å². The molecule has 1 aliphatic rings. The summed E-state index contributed by atoms with van der Waals surface area (Å²) in [6, 6.07) is 2.59. The quantitative estimate of drug-likeness (QED) is 0.808. The van der Waals surface area contributed by atoms with Gasteiger partial charge in [0.1, 0.15) is 0 Å². The molecule has 0 bridgehead atoms. The fourth-order valence-electron chi connectivity index (χ4n) is 2.06. The third kappa shape index (κ3) is 3.47. The number of carboxylic acid groups (broad SMARTS) is 1. The van der Waals surface area contributed by atoms with E-state index in [4.69, 9.17) is 5.11 Å². The van der Waals surface area contributed by atoms with E-state index in [1.165, 1.54) is 9.77 Å². The molecule has 2 N–H and O–H groups in total. The van der Waals surface area contributed by atoms with E-state index in [1.807, 2.05) is 11.8 Å². The zero-order chi connectivity index (χ0) is 12.3.